The number of carboxylic acids is 1. The Balaban J connectivity index is 0.00000196. The Morgan fingerprint density at radius 3 is 2.73 bits per heavy atom. The highest BCUT2D eigenvalue weighted by Gasteiger charge is 2.08. The van der Waals surface area contributed by atoms with E-state index < -0.39 is 5.97 Å². The lowest BCUT2D eigenvalue weighted by Crippen LogP contribution is -2.12. The Morgan fingerprint density at radius 1 is 1.53 bits per heavy atom. The third-order valence-electron chi connectivity index (χ3n) is 1.95. The minimum atomic E-state index is -0.831. The predicted octanol–water partition coefficient (Wildman–Crippen LogP) is 2.63. The van der Waals surface area contributed by atoms with Crippen molar-refractivity contribution in [2.24, 2.45) is 5.73 Å². The summed E-state index contributed by atoms with van der Waals surface area (Å²) >= 11 is 5.78. The van der Waals surface area contributed by atoms with E-state index in [0.717, 1.165) is 5.56 Å². The van der Waals surface area contributed by atoms with Crippen LogP contribution in [0.5, 0.6) is 0 Å². The molecule has 0 saturated heterocycles. The number of aliphatic carboxylic acids is 1. The van der Waals surface area contributed by atoms with Gasteiger partial charge in [0.05, 0.1) is 0 Å². The van der Waals surface area contributed by atoms with Gasteiger partial charge in [-0.15, -0.1) is 12.4 Å². The van der Waals surface area contributed by atoms with Crippen LogP contribution in [-0.2, 0) is 4.79 Å². The molecule has 0 bridgehead atoms. The van der Waals surface area contributed by atoms with E-state index in [-0.39, 0.29) is 24.9 Å². The zero-order chi connectivity index (χ0) is 10.6. The largest absolute Gasteiger partial charge is 0.481 e. The smallest absolute Gasteiger partial charge is 0.303 e. The van der Waals surface area contributed by atoms with Gasteiger partial charge in [0, 0.05) is 17.5 Å². The number of hydrogen-bond acceptors (Lipinski definition) is 2. The standard InChI is InChI=1S/C10H12ClNO2.ClH/c11-8-3-1-2-7(6-8)9(12)4-5-10(13)14;/h1-3,6,9H,4-5,12H2,(H,13,14);1H. The van der Waals surface area contributed by atoms with Gasteiger partial charge in [0.1, 0.15) is 0 Å². The number of benzene rings is 1. The molecule has 1 rings (SSSR count). The molecule has 1 aromatic rings. The molecule has 3 nitrogen and oxygen atoms in total. The number of rotatable bonds is 4. The number of nitrogens with two attached hydrogens (primary N) is 1. The van der Waals surface area contributed by atoms with Crippen LogP contribution in [-0.4, -0.2) is 11.1 Å². The summed E-state index contributed by atoms with van der Waals surface area (Å²) in [4.78, 5) is 10.3. The average Bonchev–Trinajstić information content (AvgIpc) is 2.14. The number of halogens is 2. The Morgan fingerprint density at radius 2 is 2.20 bits per heavy atom. The van der Waals surface area contributed by atoms with Crippen LogP contribution in [0.3, 0.4) is 0 Å². The van der Waals surface area contributed by atoms with E-state index in [2.05, 4.69) is 0 Å². The van der Waals surface area contributed by atoms with Gasteiger partial charge in [0.15, 0.2) is 0 Å². The third kappa shape index (κ3) is 5.02. The predicted molar refractivity (Wildman–Crippen MR) is 62.5 cm³/mol. The maximum Gasteiger partial charge on any atom is 0.303 e. The number of carboxylic acid groups (broad SMARTS) is 1. The first kappa shape index (κ1) is 14.2. The summed E-state index contributed by atoms with van der Waals surface area (Å²) in [7, 11) is 0. The molecule has 0 aliphatic carbocycles. The SMILES string of the molecule is Cl.NC(CCC(=O)O)c1cccc(Cl)c1. The Kier molecular flexibility index (Phi) is 6.32. The molecule has 0 heterocycles. The summed E-state index contributed by atoms with van der Waals surface area (Å²) in [6.07, 6.45) is 0.503. The van der Waals surface area contributed by atoms with E-state index in [9.17, 15) is 4.79 Å². The first-order valence-electron chi connectivity index (χ1n) is 4.32. The fourth-order valence-corrected chi connectivity index (χ4v) is 1.38. The van der Waals surface area contributed by atoms with E-state index in [1.54, 1.807) is 18.2 Å². The van der Waals surface area contributed by atoms with Crippen molar-refractivity contribution in [3.8, 4) is 0 Å². The molecule has 0 aromatic heterocycles. The van der Waals surface area contributed by atoms with Crippen LogP contribution in [0.25, 0.3) is 0 Å². The molecule has 3 N–H and O–H groups in total. The van der Waals surface area contributed by atoms with Crippen LogP contribution < -0.4 is 5.73 Å². The summed E-state index contributed by atoms with van der Waals surface area (Å²) in [6.45, 7) is 0. The van der Waals surface area contributed by atoms with Crippen LogP contribution >= 0.6 is 24.0 Å². The lowest BCUT2D eigenvalue weighted by atomic mass is 10.0. The molecule has 1 atom stereocenters. The Bertz CT molecular complexity index is 331. The van der Waals surface area contributed by atoms with Crippen LogP contribution in [0.4, 0.5) is 0 Å². The fourth-order valence-electron chi connectivity index (χ4n) is 1.18. The van der Waals surface area contributed by atoms with Crippen LogP contribution in [0, 0.1) is 0 Å². The van der Waals surface area contributed by atoms with Crippen molar-refractivity contribution in [3.63, 3.8) is 0 Å². The van der Waals surface area contributed by atoms with Gasteiger partial charge in [0.25, 0.3) is 0 Å². The van der Waals surface area contributed by atoms with Crippen molar-refractivity contribution in [1.82, 2.24) is 0 Å². The van der Waals surface area contributed by atoms with Crippen molar-refractivity contribution in [3.05, 3.63) is 34.9 Å². The van der Waals surface area contributed by atoms with Crippen molar-refractivity contribution < 1.29 is 9.90 Å². The first-order valence-corrected chi connectivity index (χ1v) is 4.70. The number of hydrogen-bond donors (Lipinski definition) is 2. The zero-order valence-corrected chi connectivity index (χ0v) is 9.59. The summed E-state index contributed by atoms with van der Waals surface area (Å²) in [5.41, 5.74) is 6.66. The molecule has 0 amide bonds. The molecule has 0 spiro atoms. The molecule has 15 heavy (non-hydrogen) atoms. The summed E-state index contributed by atoms with van der Waals surface area (Å²) < 4.78 is 0. The Labute approximate surface area is 99.6 Å². The van der Waals surface area contributed by atoms with Crippen LogP contribution in [0.15, 0.2) is 24.3 Å². The van der Waals surface area contributed by atoms with E-state index >= 15 is 0 Å². The normalized spacial score (nSPS) is 11.6. The maximum absolute atomic E-state index is 10.3. The minimum Gasteiger partial charge on any atom is -0.481 e. The molecule has 0 aliphatic heterocycles. The van der Waals surface area contributed by atoms with Crippen LogP contribution in [0.1, 0.15) is 24.4 Å². The third-order valence-corrected chi connectivity index (χ3v) is 2.18. The molecular weight excluding hydrogens is 237 g/mol. The zero-order valence-electron chi connectivity index (χ0n) is 8.02. The molecule has 0 saturated carbocycles. The lowest BCUT2D eigenvalue weighted by molar-refractivity contribution is -0.137. The fraction of sp³-hybridized carbons (Fsp3) is 0.300. The first-order chi connectivity index (χ1) is 6.59. The molecular formula is C10H13Cl2NO2. The quantitative estimate of drug-likeness (QED) is 0.863. The van der Waals surface area contributed by atoms with Crippen LogP contribution in [0.2, 0.25) is 5.02 Å². The van der Waals surface area contributed by atoms with Crippen molar-refractivity contribution in [2.45, 2.75) is 18.9 Å². The van der Waals surface area contributed by atoms with Crippen molar-refractivity contribution in [1.29, 1.82) is 0 Å². The number of carbonyl (C=O) groups is 1. The van der Waals surface area contributed by atoms with Gasteiger partial charge < -0.3 is 10.8 Å². The maximum atomic E-state index is 10.3. The molecule has 5 heteroatoms. The monoisotopic (exact) mass is 249 g/mol. The minimum absolute atomic E-state index is 0. The van der Waals surface area contributed by atoms with Crippen molar-refractivity contribution >= 4 is 30.0 Å². The summed E-state index contributed by atoms with van der Waals surface area (Å²) in [5, 5.41) is 9.10. The highest BCUT2D eigenvalue weighted by atomic mass is 35.5. The topological polar surface area (TPSA) is 63.3 Å². The second-order valence-corrected chi connectivity index (χ2v) is 3.53. The van der Waals surface area contributed by atoms with Gasteiger partial charge in [-0.3, -0.25) is 4.79 Å². The average molecular weight is 250 g/mol. The molecule has 1 aromatic carbocycles. The van der Waals surface area contributed by atoms with Gasteiger partial charge in [-0.05, 0) is 24.1 Å². The summed E-state index contributed by atoms with van der Waals surface area (Å²) in [6, 6.07) is 6.91. The van der Waals surface area contributed by atoms with E-state index in [1.807, 2.05) is 6.07 Å². The molecule has 1 unspecified atom stereocenters. The summed E-state index contributed by atoms with van der Waals surface area (Å²) in [5.74, 6) is -0.831. The van der Waals surface area contributed by atoms with E-state index in [0.29, 0.717) is 11.4 Å². The van der Waals surface area contributed by atoms with Gasteiger partial charge in [-0.2, -0.15) is 0 Å². The van der Waals surface area contributed by atoms with Gasteiger partial charge in [-0.25, -0.2) is 0 Å². The molecule has 84 valence electrons. The lowest BCUT2D eigenvalue weighted by Gasteiger charge is -2.10. The highest BCUT2D eigenvalue weighted by molar-refractivity contribution is 6.30. The highest BCUT2D eigenvalue weighted by Crippen LogP contribution is 2.19. The van der Waals surface area contributed by atoms with Gasteiger partial charge in [0.2, 0.25) is 0 Å². The van der Waals surface area contributed by atoms with Crippen molar-refractivity contribution in [2.75, 3.05) is 0 Å². The second-order valence-electron chi connectivity index (χ2n) is 3.09. The second kappa shape index (κ2) is 6.67. The molecule has 0 aliphatic rings. The van der Waals surface area contributed by atoms with E-state index in [4.69, 9.17) is 22.4 Å². The molecule has 0 fully saturated rings. The van der Waals surface area contributed by atoms with Gasteiger partial charge in [-0.1, -0.05) is 23.7 Å². The Hall–Kier alpha value is -0.770. The van der Waals surface area contributed by atoms with Gasteiger partial charge >= 0.3 is 5.97 Å². The van der Waals surface area contributed by atoms with E-state index in [1.165, 1.54) is 0 Å². The molecule has 0 radical (unpaired) electrons.